The van der Waals surface area contributed by atoms with Gasteiger partial charge >= 0.3 is 0 Å². The van der Waals surface area contributed by atoms with Gasteiger partial charge in [-0.05, 0) is 30.2 Å². The predicted molar refractivity (Wildman–Crippen MR) is 102 cm³/mol. The summed E-state index contributed by atoms with van der Waals surface area (Å²) >= 11 is 0. The Labute approximate surface area is 146 Å². The summed E-state index contributed by atoms with van der Waals surface area (Å²) < 4.78 is 22.6. The highest BCUT2D eigenvalue weighted by Crippen LogP contribution is 2.19. The van der Waals surface area contributed by atoms with Gasteiger partial charge in [-0.2, -0.15) is 0 Å². The average molecular weight is 354 g/mol. The molecule has 0 aromatic heterocycles. The molecule has 0 bridgehead atoms. The van der Waals surface area contributed by atoms with E-state index in [0.29, 0.717) is 13.0 Å². The van der Waals surface area contributed by atoms with Crippen LogP contribution in [-0.4, -0.2) is 46.5 Å². The van der Waals surface area contributed by atoms with Crippen molar-refractivity contribution in [2.75, 3.05) is 32.1 Å². The topological polar surface area (TPSA) is 70.6 Å². The maximum atomic E-state index is 11.3. The summed E-state index contributed by atoms with van der Waals surface area (Å²) in [5, 5.41) is 6.59. The zero-order valence-electron chi connectivity index (χ0n) is 15.3. The van der Waals surface area contributed by atoms with Crippen molar-refractivity contribution in [3.8, 4) is 0 Å². The van der Waals surface area contributed by atoms with Crippen molar-refractivity contribution < 1.29 is 8.42 Å². The maximum Gasteiger partial charge on any atom is 0.190 e. The summed E-state index contributed by atoms with van der Waals surface area (Å²) in [4.78, 5) is 4.22. The van der Waals surface area contributed by atoms with Crippen molar-refractivity contribution in [1.29, 1.82) is 0 Å². The molecule has 0 aliphatic carbocycles. The molecule has 0 fully saturated rings. The first-order chi connectivity index (χ1) is 11.2. The highest BCUT2D eigenvalue weighted by molar-refractivity contribution is 7.90. The van der Waals surface area contributed by atoms with Crippen molar-refractivity contribution in [3.05, 3.63) is 35.9 Å². The second-order valence-electron chi connectivity index (χ2n) is 6.99. The Morgan fingerprint density at radius 1 is 1.17 bits per heavy atom. The summed E-state index contributed by atoms with van der Waals surface area (Å²) in [5.41, 5.74) is 1.23. The van der Waals surface area contributed by atoms with E-state index in [0.717, 1.165) is 25.3 Å². The van der Waals surface area contributed by atoms with E-state index in [4.69, 9.17) is 0 Å². The molecule has 6 heteroatoms. The van der Waals surface area contributed by atoms with Gasteiger partial charge in [-0.25, -0.2) is 8.42 Å². The minimum Gasteiger partial charge on any atom is -0.356 e. The molecule has 0 spiro atoms. The first-order valence-electron chi connectivity index (χ1n) is 8.38. The third-order valence-electron chi connectivity index (χ3n) is 3.89. The normalized spacial score (nSPS) is 12.9. The summed E-state index contributed by atoms with van der Waals surface area (Å²) in [6.45, 7) is 5.65. The van der Waals surface area contributed by atoms with Crippen molar-refractivity contribution >= 4 is 15.8 Å². The summed E-state index contributed by atoms with van der Waals surface area (Å²) in [7, 11) is -1.17. The number of hydrogen-bond donors (Lipinski definition) is 2. The summed E-state index contributed by atoms with van der Waals surface area (Å²) in [5.74, 6) is 0.973. The van der Waals surface area contributed by atoms with Gasteiger partial charge in [0.05, 0.1) is 5.75 Å². The van der Waals surface area contributed by atoms with Crippen LogP contribution in [0, 0.1) is 5.41 Å². The predicted octanol–water partition coefficient (Wildman–Crippen LogP) is 2.25. The zero-order chi connectivity index (χ0) is 18.1. The third kappa shape index (κ3) is 9.55. The fourth-order valence-corrected chi connectivity index (χ4v) is 3.16. The highest BCUT2D eigenvalue weighted by atomic mass is 32.2. The lowest BCUT2D eigenvalue weighted by Gasteiger charge is -2.25. The number of rotatable bonds is 9. The smallest absolute Gasteiger partial charge is 0.190 e. The number of aliphatic imine (C=N–C) groups is 1. The number of hydrogen-bond acceptors (Lipinski definition) is 3. The number of guanidine groups is 1. The van der Waals surface area contributed by atoms with E-state index in [1.165, 1.54) is 11.8 Å². The monoisotopic (exact) mass is 353 g/mol. The van der Waals surface area contributed by atoms with Crippen LogP contribution in [-0.2, 0) is 16.3 Å². The van der Waals surface area contributed by atoms with Crippen LogP contribution in [0.2, 0.25) is 0 Å². The maximum absolute atomic E-state index is 11.3. The van der Waals surface area contributed by atoms with Crippen LogP contribution >= 0.6 is 0 Å². The highest BCUT2D eigenvalue weighted by Gasteiger charge is 2.20. The van der Waals surface area contributed by atoms with Crippen LogP contribution in [0.1, 0.15) is 32.3 Å². The number of benzene rings is 1. The van der Waals surface area contributed by atoms with E-state index in [9.17, 15) is 8.42 Å². The lowest BCUT2D eigenvalue weighted by Crippen LogP contribution is -2.42. The van der Waals surface area contributed by atoms with Crippen LogP contribution in [0.5, 0.6) is 0 Å². The fourth-order valence-electron chi connectivity index (χ4n) is 2.24. The van der Waals surface area contributed by atoms with Crippen LogP contribution in [0.4, 0.5) is 0 Å². The van der Waals surface area contributed by atoms with Crippen molar-refractivity contribution in [2.24, 2.45) is 10.4 Å². The molecule has 0 saturated carbocycles. The molecular weight excluding hydrogens is 322 g/mol. The molecule has 0 amide bonds. The Hall–Kier alpha value is -1.56. The SMILES string of the molecule is CN=C(NCCCc1ccccc1)NCC(C)(C)CCS(C)(=O)=O. The van der Waals surface area contributed by atoms with Gasteiger partial charge < -0.3 is 10.6 Å². The van der Waals surface area contributed by atoms with Gasteiger partial charge in [0, 0.05) is 26.4 Å². The summed E-state index contributed by atoms with van der Waals surface area (Å²) in [6, 6.07) is 10.4. The number of nitrogens with zero attached hydrogens (tertiary/aromatic N) is 1. The summed E-state index contributed by atoms with van der Waals surface area (Å²) in [6.07, 6.45) is 3.97. The lowest BCUT2D eigenvalue weighted by molar-refractivity contribution is 0.348. The van der Waals surface area contributed by atoms with Gasteiger partial charge in [0.2, 0.25) is 0 Å². The van der Waals surface area contributed by atoms with Crippen LogP contribution in [0.25, 0.3) is 0 Å². The Kier molecular flexibility index (Phi) is 8.25. The fraction of sp³-hybridized carbons (Fsp3) is 0.611. The van der Waals surface area contributed by atoms with Crippen molar-refractivity contribution in [1.82, 2.24) is 10.6 Å². The molecule has 0 aliphatic rings. The lowest BCUT2D eigenvalue weighted by atomic mass is 9.90. The van der Waals surface area contributed by atoms with Gasteiger partial charge in [0.1, 0.15) is 9.84 Å². The van der Waals surface area contributed by atoms with Crippen molar-refractivity contribution in [3.63, 3.8) is 0 Å². The minimum atomic E-state index is -2.92. The Morgan fingerprint density at radius 2 is 1.83 bits per heavy atom. The van der Waals surface area contributed by atoms with E-state index in [-0.39, 0.29) is 11.2 Å². The first-order valence-corrected chi connectivity index (χ1v) is 10.4. The third-order valence-corrected chi connectivity index (χ3v) is 4.83. The standard InChI is InChI=1S/C18H31N3O2S/c1-18(2,12-14-24(4,22)23)15-21-17(19-3)20-13-8-11-16-9-6-5-7-10-16/h5-7,9-10H,8,11-15H2,1-4H3,(H2,19,20,21). The van der Waals surface area contributed by atoms with E-state index in [1.807, 2.05) is 6.07 Å². The zero-order valence-corrected chi connectivity index (χ0v) is 16.1. The molecule has 1 rings (SSSR count). The molecule has 2 N–H and O–H groups in total. The molecular formula is C18H31N3O2S. The van der Waals surface area contributed by atoms with E-state index in [1.54, 1.807) is 7.05 Å². The van der Waals surface area contributed by atoms with Crippen LogP contribution in [0.15, 0.2) is 35.3 Å². The second kappa shape index (κ2) is 9.67. The van der Waals surface area contributed by atoms with Crippen molar-refractivity contribution in [2.45, 2.75) is 33.1 Å². The van der Waals surface area contributed by atoms with Gasteiger partial charge in [-0.3, -0.25) is 4.99 Å². The Balaban J connectivity index is 2.29. The van der Waals surface area contributed by atoms with Gasteiger partial charge in [-0.15, -0.1) is 0 Å². The molecule has 136 valence electrons. The molecule has 0 saturated heterocycles. The molecule has 0 heterocycles. The Morgan fingerprint density at radius 3 is 2.42 bits per heavy atom. The number of nitrogens with one attached hydrogen (secondary N) is 2. The molecule has 0 aliphatic heterocycles. The molecule has 1 aromatic carbocycles. The minimum absolute atomic E-state index is 0.106. The molecule has 1 aromatic rings. The van der Waals surface area contributed by atoms with Crippen LogP contribution in [0.3, 0.4) is 0 Å². The molecule has 24 heavy (non-hydrogen) atoms. The molecule has 0 unspecified atom stereocenters. The van der Waals surface area contributed by atoms with Gasteiger partial charge in [0.15, 0.2) is 5.96 Å². The molecule has 0 radical (unpaired) electrons. The Bertz CT molecular complexity index is 610. The van der Waals surface area contributed by atoms with E-state index < -0.39 is 9.84 Å². The molecule has 5 nitrogen and oxygen atoms in total. The van der Waals surface area contributed by atoms with Gasteiger partial charge in [0.25, 0.3) is 0 Å². The van der Waals surface area contributed by atoms with Gasteiger partial charge in [-0.1, -0.05) is 44.2 Å². The quantitative estimate of drug-likeness (QED) is 0.406. The van der Waals surface area contributed by atoms with E-state index >= 15 is 0 Å². The number of sulfone groups is 1. The number of aryl methyl sites for hydroxylation is 1. The largest absolute Gasteiger partial charge is 0.356 e. The average Bonchev–Trinajstić information content (AvgIpc) is 2.53. The first kappa shape index (κ1) is 20.5. The molecule has 0 atom stereocenters. The van der Waals surface area contributed by atoms with Crippen LogP contribution < -0.4 is 10.6 Å². The van der Waals surface area contributed by atoms with E-state index in [2.05, 4.69) is 53.7 Å². The second-order valence-corrected chi connectivity index (χ2v) is 9.25.